The second-order valence-corrected chi connectivity index (χ2v) is 5.67. The van der Waals surface area contributed by atoms with E-state index in [1.165, 1.54) is 4.88 Å². The molecule has 19 heavy (non-hydrogen) atoms. The summed E-state index contributed by atoms with van der Waals surface area (Å²) in [5.41, 5.74) is 0. The average molecular weight is 282 g/mol. The fourth-order valence-electron chi connectivity index (χ4n) is 2.01. The molecule has 1 fully saturated rings. The first-order chi connectivity index (χ1) is 9.28. The van der Waals surface area contributed by atoms with E-state index in [0.717, 1.165) is 38.7 Å². The van der Waals surface area contributed by atoms with Gasteiger partial charge in [-0.15, -0.1) is 11.3 Å². The molecule has 1 aromatic rings. The van der Waals surface area contributed by atoms with Crippen LogP contribution in [0.5, 0.6) is 0 Å². The summed E-state index contributed by atoms with van der Waals surface area (Å²) >= 11 is 1.75. The number of ether oxygens (including phenoxy) is 1. The molecule has 1 unspecified atom stereocenters. The number of aliphatic imine (C=N–C) groups is 1. The summed E-state index contributed by atoms with van der Waals surface area (Å²) in [7, 11) is 3.91. The molecule has 1 atom stereocenters. The molecule has 0 saturated carbocycles. The maximum Gasteiger partial charge on any atom is 0.191 e. The third-order valence-electron chi connectivity index (χ3n) is 3.07. The minimum absolute atomic E-state index is 0.235. The third-order valence-corrected chi connectivity index (χ3v) is 3.95. The number of hydrogen-bond acceptors (Lipinski definition) is 4. The lowest BCUT2D eigenvalue weighted by molar-refractivity contribution is -0.0161. The minimum atomic E-state index is 0.235. The van der Waals surface area contributed by atoms with E-state index in [4.69, 9.17) is 4.74 Å². The SMILES string of the molecule is CN=C(NCc1cccs1)NCC1CN(C)CCO1. The van der Waals surface area contributed by atoms with Crippen LogP contribution in [0.2, 0.25) is 0 Å². The van der Waals surface area contributed by atoms with Crippen molar-refractivity contribution >= 4 is 17.3 Å². The van der Waals surface area contributed by atoms with Gasteiger partial charge in [0.25, 0.3) is 0 Å². The maximum absolute atomic E-state index is 5.71. The first-order valence-corrected chi connectivity index (χ1v) is 7.43. The molecule has 0 aromatic carbocycles. The van der Waals surface area contributed by atoms with E-state index in [0.29, 0.717) is 0 Å². The summed E-state index contributed by atoms with van der Waals surface area (Å²) in [5.74, 6) is 0.824. The Morgan fingerprint density at radius 3 is 3.16 bits per heavy atom. The van der Waals surface area contributed by atoms with Crippen molar-refractivity contribution in [3.8, 4) is 0 Å². The van der Waals surface area contributed by atoms with Gasteiger partial charge in [0.2, 0.25) is 0 Å². The first-order valence-electron chi connectivity index (χ1n) is 6.55. The molecule has 106 valence electrons. The molecule has 6 heteroatoms. The maximum atomic E-state index is 5.71. The highest BCUT2D eigenvalue weighted by atomic mass is 32.1. The lowest BCUT2D eigenvalue weighted by atomic mass is 10.3. The number of nitrogens with one attached hydrogen (secondary N) is 2. The Hall–Kier alpha value is -1.11. The highest BCUT2D eigenvalue weighted by Gasteiger charge is 2.17. The fourth-order valence-corrected chi connectivity index (χ4v) is 2.65. The predicted octanol–water partition coefficient (Wildman–Crippen LogP) is 0.744. The van der Waals surface area contributed by atoms with E-state index in [2.05, 4.69) is 45.1 Å². The van der Waals surface area contributed by atoms with Gasteiger partial charge in [0.1, 0.15) is 0 Å². The predicted molar refractivity (Wildman–Crippen MR) is 79.8 cm³/mol. The summed E-state index contributed by atoms with van der Waals surface area (Å²) in [5, 5.41) is 8.70. The van der Waals surface area contributed by atoms with Crippen LogP contribution in [0, 0.1) is 0 Å². The zero-order valence-corrected chi connectivity index (χ0v) is 12.4. The Morgan fingerprint density at radius 1 is 1.58 bits per heavy atom. The molecule has 0 amide bonds. The van der Waals surface area contributed by atoms with Gasteiger partial charge in [-0.3, -0.25) is 4.99 Å². The molecule has 5 nitrogen and oxygen atoms in total. The van der Waals surface area contributed by atoms with Gasteiger partial charge in [0.15, 0.2) is 5.96 Å². The molecule has 0 bridgehead atoms. The van der Waals surface area contributed by atoms with Gasteiger partial charge in [-0.1, -0.05) is 6.07 Å². The molecular formula is C13H22N4OS. The Balaban J connectivity index is 1.70. The smallest absolute Gasteiger partial charge is 0.191 e. The summed E-state index contributed by atoms with van der Waals surface area (Å²) < 4.78 is 5.71. The summed E-state index contributed by atoms with van der Waals surface area (Å²) in [6, 6.07) is 4.17. The van der Waals surface area contributed by atoms with E-state index < -0.39 is 0 Å². The number of rotatable bonds is 4. The summed E-state index contributed by atoms with van der Waals surface area (Å²) in [6.45, 7) is 4.39. The summed E-state index contributed by atoms with van der Waals surface area (Å²) in [6.07, 6.45) is 0.235. The number of nitrogens with zero attached hydrogens (tertiary/aromatic N) is 2. The Kier molecular flexibility index (Phi) is 5.62. The minimum Gasteiger partial charge on any atom is -0.374 e. The number of hydrogen-bond donors (Lipinski definition) is 2. The zero-order chi connectivity index (χ0) is 13.5. The topological polar surface area (TPSA) is 48.9 Å². The van der Waals surface area contributed by atoms with Crippen LogP contribution in [0.25, 0.3) is 0 Å². The molecule has 1 saturated heterocycles. The van der Waals surface area contributed by atoms with E-state index in [1.807, 2.05) is 0 Å². The van der Waals surface area contributed by atoms with Crippen molar-refractivity contribution in [1.29, 1.82) is 0 Å². The standard InChI is InChI=1S/C13H22N4OS/c1-14-13(16-9-12-4-3-7-19-12)15-8-11-10-17(2)5-6-18-11/h3-4,7,11H,5-6,8-10H2,1-2H3,(H2,14,15,16). The number of morpholine rings is 1. The van der Waals surface area contributed by atoms with Gasteiger partial charge in [-0.05, 0) is 18.5 Å². The van der Waals surface area contributed by atoms with Crippen molar-refractivity contribution in [2.24, 2.45) is 4.99 Å². The van der Waals surface area contributed by atoms with Crippen LogP contribution < -0.4 is 10.6 Å². The molecular weight excluding hydrogens is 260 g/mol. The zero-order valence-electron chi connectivity index (χ0n) is 11.6. The van der Waals surface area contributed by atoms with Crippen LogP contribution in [0.3, 0.4) is 0 Å². The fraction of sp³-hybridized carbons (Fsp3) is 0.615. The van der Waals surface area contributed by atoms with Gasteiger partial charge in [-0.25, -0.2) is 0 Å². The highest BCUT2D eigenvalue weighted by Crippen LogP contribution is 2.07. The van der Waals surface area contributed by atoms with Crippen LogP contribution in [-0.4, -0.2) is 57.3 Å². The largest absolute Gasteiger partial charge is 0.374 e. The van der Waals surface area contributed by atoms with Gasteiger partial charge in [0.05, 0.1) is 19.3 Å². The van der Waals surface area contributed by atoms with E-state index in [1.54, 1.807) is 18.4 Å². The Bertz CT molecular complexity index is 393. The van der Waals surface area contributed by atoms with Crippen molar-refractivity contribution in [1.82, 2.24) is 15.5 Å². The molecule has 0 spiro atoms. The molecule has 1 aliphatic rings. The van der Waals surface area contributed by atoms with Crippen LogP contribution in [-0.2, 0) is 11.3 Å². The van der Waals surface area contributed by atoms with Gasteiger partial charge < -0.3 is 20.3 Å². The molecule has 2 N–H and O–H groups in total. The molecule has 1 aliphatic heterocycles. The van der Waals surface area contributed by atoms with E-state index in [9.17, 15) is 0 Å². The third kappa shape index (κ3) is 4.81. The van der Waals surface area contributed by atoms with Gasteiger partial charge in [-0.2, -0.15) is 0 Å². The van der Waals surface area contributed by atoms with Crippen LogP contribution in [0.15, 0.2) is 22.5 Å². The summed E-state index contributed by atoms with van der Waals surface area (Å²) in [4.78, 5) is 7.81. The molecule has 0 radical (unpaired) electrons. The Morgan fingerprint density at radius 2 is 2.47 bits per heavy atom. The van der Waals surface area contributed by atoms with E-state index >= 15 is 0 Å². The van der Waals surface area contributed by atoms with Gasteiger partial charge >= 0.3 is 0 Å². The highest BCUT2D eigenvalue weighted by molar-refractivity contribution is 7.09. The lowest BCUT2D eigenvalue weighted by Gasteiger charge is -2.30. The van der Waals surface area contributed by atoms with E-state index in [-0.39, 0.29) is 6.10 Å². The monoisotopic (exact) mass is 282 g/mol. The van der Waals surface area contributed by atoms with Crippen molar-refractivity contribution in [3.63, 3.8) is 0 Å². The Labute approximate surface area is 118 Å². The van der Waals surface area contributed by atoms with Crippen molar-refractivity contribution in [2.75, 3.05) is 40.3 Å². The van der Waals surface area contributed by atoms with Crippen molar-refractivity contribution in [2.45, 2.75) is 12.6 Å². The average Bonchev–Trinajstić information content (AvgIpc) is 2.92. The lowest BCUT2D eigenvalue weighted by Crippen LogP contribution is -2.48. The second kappa shape index (κ2) is 7.47. The van der Waals surface area contributed by atoms with Crippen molar-refractivity contribution < 1.29 is 4.74 Å². The molecule has 2 rings (SSSR count). The van der Waals surface area contributed by atoms with Crippen LogP contribution in [0.1, 0.15) is 4.88 Å². The number of thiophene rings is 1. The normalized spacial score (nSPS) is 21.4. The van der Waals surface area contributed by atoms with Crippen LogP contribution >= 0.6 is 11.3 Å². The second-order valence-electron chi connectivity index (χ2n) is 4.64. The van der Waals surface area contributed by atoms with Crippen molar-refractivity contribution in [3.05, 3.63) is 22.4 Å². The van der Waals surface area contributed by atoms with Gasteiger partial charge in [0, 0.05) is 31.6 Å². The quantitative estimate of drug-likeness (QED) is 0.632. The molecule has 2 heterocycles. The van der Waals surface area contributed by atoms with Crippen LogP contribution in [0.4, 0.5) is 0 Å². The number of likely N-dealkylation sites (N-methyl/N-ethyl adjacent to an activating group) is 1. The molecule has 1 aromatic heterocycles. The number of guanidine groups is 1. The first kappa shape index (κ1) is 14.3. The molecule has 0 aliphatic carbocycles.